The van der Waals surface area contributed by atoms with Gasteiger partial charge in [-0.1, -0.05) is 43.6 Å². The Morgan fingerprint density at radius 3 is 2.55 bits per heavy atom. The van der Waals surface area contributed by atoms with Crippen LogP contribution >= 0.6 is 15.9 Å². The molecule has 1 rings (SSSR count). The fourth-order valence-electron chi connectivity index (χ4n) is 2.32. The summed E-state index contributed by atoms with van der Waals surface area (Å²) < 4.78 is 6.61. The van der Waals surface area contributed by atoms with Crippen molar-refractivity contribution in [3.05, 3.63) is 28.2 Å². The molecule has 0 bridgehead atoms. The zero-order valence-electron chi connectivity index (χ0n) is 13.4. The Morgan fingerprint density at radius 2 is 2.00 bits per heavy atom. The minimum Gasteiger partial charge on any atom is -0.496 e. The number of halogens is 1. The van der Waals surface area contributed by atoms with E-state index in [9.17, 15) is 0 Å². The van der Waals surface area contributed by atoms with Crippen molar-refractivity contribution in [2.75, 3.05) is 13.7 Å². The molecule has 0 aliphatic heterocycles. The average Bonchev–Trinajstić information content (AvgIpc) is 2.43. The molecule has 0 aliphatic carbocycles. The summed E-state index contributed by atoms with van der Waals surface area (Å²) in [6, 6.07) is 6.69. The van der Waals surface area contributed by atoms with E-state index in [4.69, 9.17) is 4.74 Å². The lowest BCUT2D eigenvalue weighted by Gasteiger charge is -2.35. The molecule has 1 atom stereocenters. The van der Waals surface area contributed by atoms with Gasteiger partial charge in [0.15, 0.2) is 0 Å². The van der Waals surface area contributed by atoms with E-state index in [0.29, 0.717) is 6.04 Å². The van der Waals surface area contributed by atoms with Crippen LogP contribution in [0, 0.1) is 5.41 Å². The van der Waals surface area contributed by atoms with Crippen molar-refractivity contribution in [2.24, 2.45) is 5.41 Å². The van der Waals surface area contributed by atoms with Gasteiger partial charge in [-0.3, -0.25) is 0 Å². The van der Waals surface area contributed by atoms with Crippen LogP contribution in [0.1, 0.15) is 46.1 Å². The van der Waals surface area contributed by atoms with Gasteiger partial charge in [0.05, 0.1) is 7.11 Å². The summed E-state index contributed by atoms with van der Waals surface area (Å²) in [5.41, 5.74) is 1.53. The zero-order chi connectivity index (χ0) is 15.2. The molecule has 0 saturated carbocycles. The van der Waals surface area contributed by atoms with Gasteiger partial charge in [-0.25, -0.2) is 0 Å². The van der Waals surface area contributed by atoms with Gasteiger partial charge in [-0.2, -0.15) is 0 Å². The maximum Gasteiger partial charge on any atom is 0.122 e. The molecule has 1 N–H and O–H groups in total. The number of nitrogens with one attached hydrogen (secondary N) is 1. The fourth-order valence-corrected chi connectivity index (χ4v) is 2.72. The van der Waals surface area contributed by atoms with E-state index in [2.05, 4.69) is 55.0 Å². The minimum atomic E-state index is 0.266. The molecule has 0 heterocycles. The summed E-state index contributed by atoms with van der Waals surface area (Å²) in [4.78, 5) is 0. The Bertz CT molecular complexity index is 417. The van der Waals surface area contributed by atoms with Crippen molar-refractivity contribution >= 4 is 15.9 Å². The molecule has 20 heavy (non-hydrogen) atoms. The number of hydrogen-bond donors (Lipinski definition) is 1. The third-order valence-corrected chi connectivity index (χ3v) is 4.66. The monoisotopic (exact) mass is 341 g/mol. The molecule has 0 aliphatic rings. The molecule has 0 radical (unpaired) electrons. The predicted octanol–water partition coefficient (Wildman–Crippen LogP) is 4.80. The highest BCUT2D eigenvalue weighted by Gasteiger charge is 2.28. The molecule has 0 spiro atoms. The molecule has 0 aromatic heterocycles. The molecule has 2 nitrogen and oxygen atoms in total. The minimum absolute atomic E-state index is 0.266. The van der Waals surface area contributed by atoms with E-state index >= 15 is 0 Å². The van der Waals surface area contributed by atoms with Gasteiger partial charge in [0, 0.05) is 10.5 Å². The Kier molecular flexibility index (Phi) is 7.04. The fraction of sp³-hybridized carbons (Fsp3) is 0.647. The first-order valence-corrected chi connectivity index (χ1v) is 8.29. The van der Waals surface area contributed by atoms with Crippen LogP contribution in [0.15, 0.2) is 22.7 Å². The summed E-state index contributed by atoms with van der Waals surface area (Å²) in [6.45, 7) is 10.2. The second-order valence-electron chi connectivity index (χ2n) is 6.01. The van der Waals surface area contributed by atoms with Crippen molar-refractivity contribution in [3.63, 3.8) is 0 Å². The van der Waals surface area contributed by atoms with Gasteiger partial charge in [0.25, 0.3) is 0 Å². The lowest BCUT2D eigenvalue weighted by atomic mass is 9.78. The maximum atomic E-state index is 5.50. The summed E-state index contributed by atoms with van der Waals surface area (Å²) >= 11 is 3.56. The zero-order valence-corrected chi connectivity index (χ0v) is 15.0. The quantitative estimate of drug-likeness (QED) is 0.732. The first-order chi connectivity index (χ1) is 9.44. The first-order valence-electron chi connectivity index (χ1n) is 7.50. The Morgan fingerprint density at radius 1 is 1.30 bits per heavy atom. The largest absolute Gasteiger partial charge is 0.496 e. The van der Waals surface area contributed by atoms with Crippen LogP contribution < -0.4 is 10.1 Å². The molecule has 1 aromatic carbocycles. The van der Waals surface area contributed by atoms with Gasteiger partial charge in [-0.05, 0) is 55.0 Å². The molecule has 0 saturated heterocycles. The van der Waals surface area contributed by atoms with Gasteiger partial charge < -0.3 is 10.1 Å². The Labute approximate surface area is 132 Å². The van der Waals surface area contributed by atoms with Gasteiger partial charge in [0.1, 0.15) is 5.75 Å². The predicted molar refractivity (Wildman–Crippen MR) is 90.6 cm³/mol. The summed E-state index contributed by atoms with van der Waals surface area (Å²) in [7, 11) is 1.74. The SMILES string of the molecule is CCCNC(Cc1cc(Br)ccc1OC)C(C)(C)CC. The van der Waals surface area contributed by atoms with Crippen molar-refractivity contribution < 1.29 is 4.74 Å². The maximum absolute atomic E-state index is 5.50. The number of ether oxygens (including phenoxy) is 1. The average molecular weight is 342 g/mol. The van der Waals surface area contributed by atoms with Crippen molar-refractivity contribution in [1.29, 1.82) is 0 Å². The summed E-state index contributed by atoms with van der Waals surface area (Å²) in [5, 5.41) is 3.71. The van der Waals surface area contributed by atoms with E-state index in [1.165, 1.54) is 5.56 Å². The number of hydrogen-bond acceptors (Lipinski definition) is 2. The highest BCUT2D eigenvalue weighted by Crippen LogP contribution is 2.31. The number of methoxy groups -OCH3 is 1. The molecular formula is C17H28BrNO. The second-order valence-corrected chi connectivity index (χ2v) is 6.92. The number of benzene rings is 1. The molecule has 0 amide bonds. The van der Waals surface area contributed by atoms with Gasteiger partial charge in [0.2, 0.25) is 0 Å². The molecular weight excluding hydrogens is 314 g/mol. The molecule has 114 valence electrons. The van der Waals surface area contributed by atoms with E-state index in [1.54, 1.807) is 7.11 Å². The van der Waals surface area contributed by atoms with E-state index in [0.717, 1.165) is 36.0 Å². The molecule has 1 unspecified atom stereocenters. The summed E-state index contributed by atoms with van der Waals surface area (Å²) in [5.74, 6) is 0.975. The normalized spacial score (nSPS) is 13.3. The van der Waals surface area contributed by atoms with Gasteiger partial charge in [-0.15, -0.1) is 0 Å². The van der Waals surface area contributed by atoms with Crippen LogP contribution in [0.2, 0.25) is 0 Å². The van der Waals surface area contributed by atoms with Crippen molar-refractivity contribution in [2.45, 2.75) is 53.0 Å². The molecule has 0 fully saturated rings. The lowest BCUT2D eigenvalue weighted by Crippen LogP contribution is -2.43. The van der Waals surface area contributed by atoms with Crippen LogP contribution in [-0.2, 0) is 6.42 Å². The Balaban J connectivity index is 2.96. The third kappa shape index (κ3) is 4.78. The molecule has 1 aromatic rings. The van der Waals surface area contributed by atoms with Crippen molar-refractivity contribution in [1.82, 2.24) is 5.32 Å². The van der Waals surface area contributed by atoms with Crippen LogP contribution in [0.5, 0.6) is 5.75 Å². The first kappa shape index (κ1) is 17.5. The van der Waals surface area contributed by atoms with Gasteiger partial charge >= 0.3 is 0 Å². The van der Waals surface area contributed by atoms with Crippen LogP contribution in [0.4, 0.5) is 0 Å². The highest BCUT2D eigenvalue weighted by atomic mass is 79.9. The Hall–Kier alpha value is -0.540. The van der Waals surface area contributed by atoms with E-state index < -0.39 is 0 Å². The highest BCUT2D eigenvalue weighted by molar-refractivity contribution is 9.10. The lowest BCUT2D eigenvalue weighted by molar-refractivity contribution is 0.229. The smallest absolute Gasteiger partial charge is 0.122 e. The van der Waals surface area contributed by atoms with Crippen LogP contribution in [0.25, 0.3) is 0 Å². The van der Waals surface area contributed by atoms with Crippen molar-refractivity contribution in [3.8, 4) is 5.75 Å². The van der Waals surface area contributed by atoms with Crippen LogP contribution in [0.3, 0.4) is 0 Å². The van der Waals surface area contributed by atoms with Crippen LogP contribution in [-0.4, -0.2) is 19.7 Å². The molecule has 3 heteroatoms. The summed E-state index contributed by atoms with van der Waals surface area (Å²) in [6.07, 6.45) is 3.31. The second kappa shape index (κ2) is 8.04. The third-order valence-electron chi connectivity index (χ3n) is 4.16. The number of rotatable bonds is 8. The van der Waals surface area contributed by atoms with E-state index in [-0.39, 0.29) is 5.41 Å². The van der Waals surface area contributed by atoms with E-state index in [1.807, 2.05) is 12.1 Å². The topological polar surface area (TPSA) is 21.3 Å². The standard InChI is InChI=1S/C17H28BrNO/c1-6-10-19-16(17(3,4)7-2)12-13-11-14(18)8-9-15(13)20-5/h8-9,11,16,19H,6-7,10,12H2,1-5H3.